The molecule has 2 heterocycles. The van der Waals surface area contributed by atoms with Gasteiger partial charge in [0.1, 0.15) is 5.82 Å². The molecule has 0 aliphatic carbocycles. The maximum absolute atomic E-state index is 11.2. The maximum Gasteiger partial charge on any atom is 0.267 e. The molecule has 25 heavy (non-hydrogen) atoms. The Hall–Kier alpha value is -2.64. The fraction of sp³-hybridized carbons (Fsp3) is 0.333. The molecule has 2 aromatic rings. The second-order valence-electron chi connectivity index (χ2n) is 6.09. The number of aromatic nitrogens is 2. The molecule has 0 spiro atoms. The minimum atomic E-state index is -0.533. The number of hydrogen-bond acceptors (Lipinski definition) is 5. The third-order valence-electron chi connectivity index (χ3n) is 4.46. The second kappa shape index (κ2) is 7.96. The zero-order valence-corrected chi connectivity index (χ0v) is 14.3. The molecule has 1 aliphatic heterocycles. The predicted molar refractivity (Wildman–Crippen MR) is 96.1 cm³/mol. The lowest BCUT2D eigenvalue weighted by atomic mass is 10.1. The number of amides is 1. The van der Waals surface area contributed by atoms with Gasteiger partial charge in [0, 0.05) is 57.4 Å². The van der Waals surface area contributed by atoms with Crippen molar-refractivity contribution in [3.8, 4) is 0 Å². The third-order valence-corrected chi connectivity index (χ3v) is 4.46. The van der Waals surface area contributed by atoms with Gasteiger partial charge in [0.15, 0.2) is 0 Å². The number of nitrogens with zero attached hydrogens (tertiary/aromatic N) is 4. The number of aryl methyl sites for hydroxylation is 1. The first kappa shape index (κ1) is 17.2. The van der Waals surface area contributed by atoms with E-state index in [9.17, 15) is 4.79 Å². The molecule has 7 nitrogen and oxygen atoms in total. The zero-order valence-electron chi connectivity index (χ0n) is 14.3. The van der Waals surface area contributed by atoms with Crippen molar-refractivity contribution in [2.75, 3.05) is 31.1 Å². The lowest BCUT2D eigenvalue weighted by molar-refractivity contribution is -0.124. The van der Waals surface area contributed by atoms with Crippen LogP contribution in [0.3, 0.4) is 0 Å². The number of carbonyl (C=O) groups is 1. The van der Waals surface area contributed by atoms with Gasteiger partial charge >= 0.3 is 0 Å². The molecule has 0 saturated carbocycles. The topological polar surface area (TPSA) is 73.6 Å². The summed E-state index contributed by atoms with van der Waals surface area (Å²) in [6.07, 6.45) is 6.85. The van der Waals surface area contributed by atoms with Gasteiger partial charge in [-0.15, -0.1) is 0 Å². The highest BCUT2D eigenvalue weighted by Crippen LogP contribution is 2.23. The monoisotopic (exact) mass is 341 g/mol. The molecule has 1 aliphatic rings. The zero-order chi connectivity index (χ0) is 17.6. The minimum Gasteiger partial charge on any atom is -0.368 e. The van der Waals surface area contributed by atoms with E-state index in [0.29, 0.717) is 0 Å². The molecule has 132 valence electrons. The molecule has 1 aromatic carbocycles. The number of piperazine rings is 1. The average molecular weight is 341 g/mol. The summed E-state index contributed by atoms with van der Waals surface area (Å²) in [5, 5.41) is 8.61. The molecule has 0 unspecified atom stereocenters. The van der Waals surface area contributed by atoms with Gasteiger partial charge < -0.3 is 9.47 Å². The van der Waals surface area contributed by atoms with Crippen LogP contribution in [0.25, 0.3) is 6.08 Å². The third kappa shape index (κ3) is 4.26. The van der Waals surface area contributed by atoms with Crippen molar-refractivity contribution in [1.29, 1.82) is 0 Å². The van der Waals surface area contributed by atoms with E-state index < -0.39 is 5.91 Å². The SMILES string of the molecule is Cn1ccnc1CN1CCN(c2ccccc2/C=C/C(=O)NO)CC1. The predicted octanol–water partition coefficient (Wildman–Crippen LogP) is 1.26. The Bertz CT molecular complexity index is 747. The van der Waals surface area contributed by atoms with Gasteiger partial charge in [-0.05, 0) is 17.7 Å². The first-order valence-electron chi connectivity index (χ1n) is 8.32. The summed E-state index contributed by atoms with van der Waals surface area (Å²) < 4.78 is 2.05. The van der Waals surface area contributed by atoms with Crippen LogP contribution in [0.1, 0.15) is 11.4 Å². The number of hydroxylamine groups is 1. The number of rotatable bonds is 5. The summed E-state index contributed by atoms with van der Waals surface area (Å²) >= 11 is 0. The lowest BCUT2D eigenvalue weighted by Gasteiger charge is -2.36. The summed E-state index contributed by atoms with van der Waals surface area (Å²) in [5.74, 6) is 0.543. The number of imidazole rings is 1. The number of anilines is 1. The number of hydrogen-bond donors (Lipinski definition) is 2. The second-order valence-corrected chi connectivity index (χ2v) is 6.09. The Labute approximate surface area is 147 Å². The normalized spacial score (nSPS) is 15.7. The molecule has 3 rings (SSSR count). The Kier molecular flexibility index (Phi) is 5.47. The van der Waals surface area contributed by atoms with E-state index in [2.05, 4.69) is 25.4 Å². The van der Waals surface area contributed by atoms with Crippen LogP contribution in [0.4, 0.5) is 5.69 Å². The fourth-order valence-corrected chi connectivity index (χ4v) is 3.01. The highest BCUT2D eigenvalue weighted by atomic mass is 16.5. The van der Waals surface area contributed by atoms with E-state index in [-0.39, 0.29) is 0 Å². The molecule has 1 fully saturated rings. The quantitative estimate of drug-likeness (QED) is 0.487. The van der Waals surface area contributed by atoms with Gasteiger partial charge in [-0.2, -0.15) is 0 Å². The summed E-state index contributed by atoms with van der Waals surface area (Å²) in [4.78, 5) is 20.3. The van der Waals surface area contributed by atoms with Crippen LogP contribution < -0.4 is 10.4 Å². The Morgan fingerprint density at radius 3 is 2.72 bits per heavy atom. The molecule has 0 radical (unpaired) electrons. The summed E-state index contributed by atoms with van der Waals surface area (Å²) in [6.45, 7) is 4.61. The Morgan fingerprint density at radius 1 is 1.28 bits per heavy atom. The number of carbonyl (C=O) groups excluding carboxylic acids is 1. The first-order valence-corrected chi connectivity index (χ1v) is 8.32. The molecule has 2 N–H and O–H groups in total. The van der Waals surface area contributed by atoms with E-state index in [0.717, 1.165) is 49.8 Å². The van der Waals surface area contributed by atoms with Crippen LogP contribution in [0.2, 0.25) is 0 Å². The molecule has 1 saturated heterocycles. The standard InChI is InChI=1S/C18H23N5O2/c1-21-9-8-19-17(21)14-22-10-12-23(13-11-22)16-5-3-2-4-15(16)6-7-18(24)20-25/h2-9,25H,10-14H2,1H3,(H,20,24)/b7-6+. The molecular formula is C18H23N5O2. The molecule has 1 amide bonds. The fourth-order valence-electron chi connectivity index (χ4n) is 3.01. The van der Waals surface area contributed by atoms with Crippen LogP contribution in [-0.4, -0.2) is 51.7 Å². The number of nitrogens with one attached hydrogen (secondary N) is 1. The minimum absolute atomic E-state index is 0.533. The van der Waals surface area contributed by atoms with Crippen LogP contribution in [0.5, 0.6) is 0 Å². The largest absolute Gasteiger partial charge is 0.368 e. The van der Waals surface area contributed by atoms with Crippen molar-refractivity contribution >= 4 is 17.7 Å². The summed E-state index contributed by atoms with van der Waals surface area (Å²) in [7, 11) is 2.02. The van der Waals surface area contributed by atoms with E-state index in [4.69, 9.17) is 5.21 Å². The highest BCUT2D eigenvalue weighted by molar-refractivity contribution is 5.91. The van der Waals surface area contributed by atoms with Gasteiger partial charge in [0.05, 0.1) is 6.54 Å². The molecule has 7 heteroatoms. The lowest BCUT2D eigenvalue weighted by Crippen LogP contribution is -2.46. The molecule has 1 aromatic heterocycles. The van der Waals surface area contributed by atoms with Crippen LogP contribution in [0, 0.1) is 0 Å². The maximum atomic E-state index is 11.2. The van der Waals surface area contributed by atoms with Crippen molar-refractivity contribution in [1.82, 2.24) is 19.9 Å². The average Bonchev–Trinajstić information content (AvgIpc) is 3.05. The van der Waals surface area contributed by atoms with Crippen molar-refractivity contribution in [3.63, 3.8) is 0 Å². The van der Waals surface area contributed by atoms with Gasteiger partial charge in [-0.1, -0.05) is 18.2 Å². The van der Waals surface area contributed by atoms with E-state index in [1.54, 1.807) is 11.6 Å². The van der Waals surface area contributed by atoms with Crippen molar-refractivity contribution in [2.45, 2.75) is 6.54 Å². The van der Waals surface area contributed by atoms with E-state index >= 15 is 0 Å². The molecule has 0 atom stereocenters. The van der Waals surface area contributed by atoms with Crippen molar-refractivity contribution in [3.05, 3.63) is 54.1 Å². The van der Waals surface area contributed by atoms with Gasteiger partial charge in [0.2, 0.25) is 0 Å². The van der Waals surface area contributed by atoms with Gasteiger partial charge in [0.25, 0.3) is 5.91 Å². The Balaban J connectivity index is 1.64. The molecule has 0 bridgehead atoms. The number of benzene rings is 1. The molecular weight excluding hydrogens is 318 g/mol. The van der Waals surface area contributed by atoms with E-state index in [1.165, 1.54) is 6.08 Å². The van der Waals surface area contributed by atoms with Crippen molar-refractivity contribution in [2.24, 2.45) is 7.05 Å². The van der Waals surface area contributed by atoms with Crippen LogP contribution in [-0.2, 0) is 18.4 Å². The highest BCUT2D eigenvalue weighted by Gasteiger charge is 2.19. The summed E-state index contributed by atoms with van der Waals surface area (Å²) in [6, 6.07) is 7.97. The van der Waals surface area contributed by atoms with Gasteiger partial charge in [-0.3, -0.25) is 14.9 Å². The van der Waals surface area contributed by atoms with Crippen LogP contribution >= 0.6 is 0 Å². The van der Waals surface area contributed by atoms with Crippen molar-refractivity contribution < 1.29 is 10.0 Å². The summed E-state index contributed by atoms with van der Waals surface area (Å²) in [5.41, 5.74) is 3.67. The smallest absolute Gasteiger partial charge is 0.267 e. The Morgan fingerprint density at radius 2 is 2.04 bits per heavy atom. The van der Waals surface area contributed by atoms with Crippen LogP contribution in [0.15, 0.2) is 42.7 Å². The number of para-hydroxylation sites is 1. The van der Waals surface area contributed by atoms with E-state index in [1.807, 2.05) is 37.6 Å². The van der Waals surface area contributed by atoms with Gasteiger partial charge in [-0.25, -0.2) is 10.5 Å². The first-order chi connectivity index (χ1) is 12.2.